The fourth-order valence-corrected chi connectivity index (χ4v) is 3.46. The molecule has 0 spiro atoms. The summed E-state index contributed by atoms with van der Waals surface area (Å²) in [6.07, 6.45) is 4.28. The quantitative estimate of drug-likeness (QED) is 0.327. The summed E-state index contributed by atoms with van der Waals surface area (Å²) in [6.45, 7) is 23.2. The number of hydrogen-bond donors (Lipinski definition) is 0. The third kappa shape index (κ3) is 22.1. The van der Waals surface area contributed by atoms with Crippen molar-refractivity contribution in [2.24, 2.45) is 16.2 Å². The van der Waals surface area contributed by atoms with Crippen molar-refractivity contribution in [2.75, 3.05) is 7.11 Å². The first kappa shape index (κ1) is 41.1. The smallest absolute Gasteiger partial charge is 0.163 e. The van der Waals surface area contributed by atoms with E-state index in [4.69, 9.17) is 4.74 Å². The number of hydrogen-bond acceptors (Lipinski definition) is 3. The average molecular weight is 543 g/mol. The van der Waals surface area contributed by atoms with Crippen molar-refractivity contribution < 1.29 is 14.3 Å². The Balaban J connectivity index is -0.000000499. The second-order valence-electron chi connectivity index (χ2n) is 13.5. The minimum atomic E-state index is 0. The summed E-state index contributed by atoms with van der Waals surface area (Å²) in [5.74, 6) is 1.61. The van der Waals surface area contributed by atoms with E-state index in [9.17, 15) is 9.59 Å². The van der Waals surface area contributed by atoms with Crippen molar-refractivity contribution in [2.45, 2.75) is 123 Å². The number of carbonyl (C=O) groups excluding carboxylic acids is 2. The monoisotopic (exact) mass is 542 g/mol. The van der Waals surface area contributed by atoms with E-state index in [2.05, 4.69) is 74.4 Å². The number of ketones is 2. The van der Waals surface area contributed by atoms with Gasteiger partial charge in [0.25, 0.3) is 0 Å². The van der Waals surface area contributed by atoms with E-state index in [1.165, 1.54) is 17.5 Å². The van der Waals surface area contributed by atoms with Crippen LogP contribution in [0.3, 0.4) is 0 Å². The normalized spacial score (nSPS) is 10.9. The summed E-state index contributed by atoms with van der Waals surface area (Å²) in [5, 5.41) is 0. The fraction of sp³-hybridized carbons (Fsp3) is 0.611. The average Bonchev–Trinajstić information content (AvgIpc) is 2.76. The van der Waals surface area contributed by atoms with E-state index in [0.717, 1.165) is 17.7 Å². The van der Waals surface area contributed by atoms with Gasteiger partial charge in [-0.2, -0.15) is 0 Å². The summed E-state index contributed by atoms with van der Waals surface area (Å²) in [7, 11) is 1.73. The molecule has 0 bridgehead atoms. The Morgan fingerprint density at radius 3 is 1.59 bits per heavy atom. The molecule has 0 saturated heterocycles. The maximum Gasteiger partial charge on any atom is 0.163 e. The van der Waals surface area contributed by atoms with Crippen LogP contribution < -0.4 is 4.74 Å². The maximum absolute atomic E-state index is 11.8. The van der Waals surface area contributed by atoms with Gasteiger partial charge in [0.2, 0.25) is 0 Å². The van der Waals surface area contributed by atoms with Gasteiger partial charge >= 0.3 is 0 Å². The predicted molar refractivity (Wildman–Crippen MR) is 173 cm³/mol. The van der Waals surface area contributed by atoms with Crippen LogP contribution in [0.1, 0.15) is 131 Å². The SMILES string of the molecule is C.C.CCC(=O)CC(C)(C)C.COc1ccccc1CCC(C)(C)C.Cc1ccc(C(=O)CC(C)(C)C)cc1. The third-order valence-electron chi connectivity index (χ3n) is 5.52. The zero-order chi connectivity index (χ0) is 28.9. The Morgan fingerprint density at radius 1 is 0.718 bits per heavy atom. The van der Waals surface area contributed by atoms with Crippen LogP contribution in [-0.4, -0.2) is 18.7 Å². The molecule has 0 N–H and O–H groups in total. The largest absolute Gasteiger partial charge is 0.496 e. The van der Waals surface area contributed by atoms with Crippen molar-refractivity contribution in [3.05, 3.63) is 65.2 Å². The second kappa shape index (κ2) is 18.8. The van der Waals surface area contributed by atoms with Crippen LogP contribution in [0.4, 0.5) is 0 Å². The highest BCUT2D eigenvalue weighted by atomic mass is 16.5. The molecule has 0 fully saturated rings. The van der Waals surface area contributed by atoms with Gasteiger partial charge in [0, 0.05) is 24.8 Å². The first-order valence-electron chi connectivity index (χ1n) is 13.6. The van der Waals surface area contributed by atoms with E-state index in [1.807, 2.05) is 50.2 Å². The van der Waals surface area contributed by atoms with Gasteiger partial charge in [0.05, 0.1) is 7.11 Å². The van der Waals surface area contributed by atoms with Crippen molar-refractivity contribution in [3.63, 3.8) is 0 Å². The summed E-state index contributed by atoms with van der Waals surface area (Å²) in [4.78, 5) is 22.6. The molecule has 0 saturated carbocycles. The van der Waals surface area contributed by atoms with Crippen LogP contribution in [0.2, 0.25) is 0 Å². The Hall–Kier alpha value is -2.42. The van der Waals surface area contributed by atoms with Crippen molar-refractivity contribution in [3.8, 4) is 5.75 Å². The maximum atomic E-state index is 11.8. The standard InChI is InChI=1S/C13H18O.C13H20O.C8H16O.2CH4/c1-10-5-7-11(8-6-10)12(14)9-13(2,3)4;1-13(2,3)10-9-11-7-5-6-8-12(11)14-4;1-5-7(9)6-8(2,3)4;;/h5-8H,9H2,1-4H3;5-8H,9-10H2,1-4H3;5-6H2,1-4H3;2*1H4. The highest BCUT2D eigenvalue weighted by Gasteiger charge is 2.17. The molecule has 0 aliphatic carbocycles. The lowest BCUT2D eigenvalue weighted by molar-refractivity contribution is -0.120. The van der Waals surface area contributed by atoms with Crippen molar-refractivity contribution in [1.29, 1.82) is 0 Å². The van der Waals surface area contributed by atoms with Gasteiger partial charge < -0.3 is 4.74 Å². The lowest BCUT2D eigenvalue weighted by atomic mass is 9.88. The number of ether oxygens (including phenoxy) is 1. The molecule has 3 nitrogen and oxygen atoms in total. The molecule has 0 amide bonds. The van der Waals surface area contributed by atoms with E-state index < -0.39 is 0 Å². The molecule has 0 aliphatic heterocycles. The van der Waals surface area contributed by atoms with Gasteiger partial charge in [-0.25, -0.2) is 0 Å². The zero-order valence-electron chi connectivity index (χ0n) is 25.9. The molecule has 0 unspecified atom stereocenters. The van der Waals surface area contributed by atoms with Crippen LogP contribution in [0.25, 0.3) is 0 Å². The van der Waals surface area contributed by atoms with Crippen LogP contribution in [-0.2, 0) is 11.2 Å². The summed E-state index contributed by atoms with van der Waals surface area (Å²) >= 11 is 0. The molecular weight excluding hydrogens is 480 g/mol. The second-order valence-corrected chi connectivity index (χ2v) is 13.5. The Morgan fingerprint density at radius 2 is 1.21 bits per heavy atom. The summed E-state index contributed by atoms with van der Waals surface area (Å²) < 4.78 is 5.31. The molecule has 2 rings (SSSR count). The number of aryl methyl sites for hydroxylation is 2. The minimum Gasteiger partial charge on any atom is -0.496 e. The first-order valence-corrected chi connectivity index (χ1v) is 13.6. The van der Waals surface area contributed by atoms with E-state index >= 15 is 0 Å². The molecule has 0 radical (unpaired) electrons. The van der Waals surface area contributed by atoms with Gasteiger partial charge in [0.1, 0.15) is 11.5 Å². The molecule has 3 heteroatoms. The van der Waals surface area contributed by atoms with Crippen molar-refractivity contribution >= 4 is 11.6 Å². The molecule has 0 heterocycles. The number of rotatable bonds is 7. The topological polar surface area (TPSA) is 43.4 Å². The summed E-state index contributed by atoms with van der Waals surface area (Å²) in [6, 6.07) is 16.0. The van der Waals surface area contributed by atoms with Crippen LogP contribution >= 0.6 is 0 Å². The molecule has 39 heavy (non-hydrogen) atoms. The highest BCUT2D eigenvalue weighted by molar-refractivity contribution is 5.96. The number of para-hydroxylation sites is 1. The predicted octanol–water partition coefficient (Wildman–Crippen LogP) is 11.0. The minimum absolute atomic E-state index is 0. The number of benzene rings is 2. The fourth-order valence-electron chi connectivity index (χ4n) is 3.46. The third-order valence-corrected chi connectivity index (χ3v) is 5.52. The van der Waals surface area contributed by atoms with E-state index in [-0.39, 0.29) is 31.5 Å². The zero-order valence-corrected chi connectivity index (χ0v) is 25.9. The summed E-state index contributed by atoms with van der Waals surface area (Å²) in [5.41, 5.74) is 3.96. The molecule has 224 valence electrons. The first-order chi connectivity index (χ1) is 16.9. The molecule has 0 aliphatic rings. The molecule has 0 atom stereocenters. The van der Waals surface area contributed by atoms with Gasteiger partial charge in [-0.3, -0.25) is 9.59 Å². The number of Topliss-reactive ketones (excluding diaryl/α,β-unsaturated/α-hetero) is 2. The Kier molecular flexibility index (Phi) is 19.8. The van der Waals surface area contributed by atoms with Crippen LogP contribution in [0.5, 0.6) is 5.75 Å². The van der Waals surface area contributed by atoms with Gasteiger partial charge in [0.15, 0.2) is 5.78 Å². The van der Waals surface area contributed by atoms with E-state index in [1.54, 1.807) is 7.11 Å². The molecule has 0 aromatic heterocycles. The lowest BCUT2D eigenvalue weighted by Gasteiger charge is -2.18. The van der Waals surface area contributed by atoms with Gasteiger partial charge in [-0.1, -0.05) is 132 Å². The Bertz CT molecular complexity index is 933. The molecule has 2 aromatic rings. The molecule has 2 aromatic carbocycles. The highest BCUT2D eigenvalue weighted by Crippen LogP contribution is 2.26. The lowest BCUT2D eigenvalue weighted by Crippen LogP contribution is -2.12. The van der Waals surface area contributed by atoms with Crippen LogP contribution in [0.15, 0.2) is 48.5 Å². The van der Waals surface area contributed by atoms with Gasteiger partial charge in [-0.05, 0) is 47.6 Å². The van der Waals surface area contributed by atoms with E-state index in [0.29, 0.717) is 30.5 Å². The van der Waals surface area contributed by atoms with Gasteiger partial charge in [-0.15, -0.1) is 0 Å². The number of carbonyl (C=O) groups is 2. The Labute approximate surface area is 243 Å². The number of methoxy groups -OCH3 is 1. The van der Waals surface area contributed by atoms with Crippen molar-refractivity contribution in [1.82, 2.24) is 0 Å². The van der Waals surface area contributed by atoms with Crippen LogP contribution in [0, 0.1) is 23.2 Å². The molecular formula is C36H62O3.